The molecule has 5 rings (SSSR count). The first-order valence-electron chi connectivity index (χ1n) is 12.8. The largest absolute Gasteiger partial charge is 0.478 e. The van der Waals surface area contributed by atoms with Gasteiger partial charge in [-0.05, 0) is 37.0 Å². The Morgan fingerprint density at radius 1 is 1.06 bits per heavy atom. The fraction of sp³-hybridized carbons (Fsp3) is 0.355. The van der Waals surface area contributed by atoms with Crippen LogP contribution in [0.1, 0.15) is 58.1 Å². The smallest absolute Gasteiger partial charge is 0.160 e. The van der Waals surface area contributed by atoms with E-state index in [-0.39, 0.29) is 0 Å². The van der Waals surface area contributed by atoms with Gasteiger partial charge in [-0.3, -0.25) is 5.32 Å². The highest BCUT2D eigenvalue weighted by molar-refractivity contribution is 5.36. The molecule has 0 radical (unpaired) electrons. The van der Waals surface area contributed by atoms with Gasteiger partial charge in [-0.25, -0.2) is 5.06 Å². The molecule has 0 bridgehead atoms. The Morgan fingerprint density at radius 2 is 1.77 bits per heavy atom. The van der Waals surface area contributed by atoms with Crippen LogP contribution in [0.25, 0.3) is 0 Å². The van der Waals surface area contributed by atoms with Crippen molar-refractivity contribution >= 4 is 0 Å². The standard InChI is InChI=1S/C14H17NO.C8H9NO.C7H10.C2H6/c1-3-4-5-8-12(2)15-11-13-9-6-7-10-14(13)16-15;1-2-4-8-7(3-1)5-9-6-10-8;1-7-5-3-2-4-6-7;1-2/h5-10H,2-4,11H2,1H3;1-4,9H,5-6H2;2-5,7H,6H2,1H3;1-2H3/b8-5-;;;. The van der Waals surface area contributed by atoms with Gasteiger partial charge in [-0.2, -0.15) is 0 Å². The van der Waals surface area contributed by atoms with Crippen molar-refractivity contribution in [1.29, 1.82) is 0 Å². The topological polar surface area (TPSA) is 33.7 Å². The highest BCUT2D eigenvalue weighted by atomic mass is 16.7. The lowest BCUT2D eigenvalue weighted by molar-refractivity contribution is 0.000994. The maximum atomic E-state index is 5.68. The monoisotopic (exact) mass is 474 g/mol. The van der Waals surface area contributed by atoms with Gasteiger partial charge in [0.25, 0.3) is 0 Å². The normalized spacial score (nSPS) is 16.7. The second-order valence-corrected chi connectivity index (χ2v) is 8.27. The van der Waals surface area contributed by atoms with Crippen molar-refractivity contribution in [2.24, 2.45) is 5.92 Å². The van der Waals surface area contributed by atoms with Crippen LogP contribution in [0.3, 0.4) is 0 Å². The maximum absolute atomic E-state index is 5.68. The highest BCUT2D eigenvalue weighted by Gasteiger charge is 2.19. The van der Waals surface area contributed by atoms with Crippen molar-refractivity contribution < 1.29 is 9.57 Å². The third-order valence-corrected chi connectivity index (χ3v) is 5.39. The third kappa shape index (κ3) is 9.87. The number of hydrogen-bond donors (Lipinski definition) is 1. The molecule has 1 unspecified atom stereocenters. The number of nitrogens with one attached hydrogen (secondary N) is 1. The Balaban J connectivity index is 0.000000194. The first-order chi connectivity index (χ1) is 17.2. The zero-order chi connectivity index (χ0) is 25.3. The van der Waals surface area contributed by atoms with E-state index in [0.717, 1.165) is 49.0 Å². The average Bonchev–Trinajstić information content (AvgIpc) is 3.36. The molecule has 4 heteroatoms. The molecule has 2 aromatic rings. The van der Waals surface area contributed by atoms with Crippen LogP contribution in [0.2, 0.25) is 0 Å². The molecule has 2 heterocycles. The van der Waals surface area contributed by atoms with E-state index in [9.17, 15) is 0 Å². The molecule has 0 saturated heterocycles. The molecule has 2 aliphatic heterocycles. The number of hydroxylamine groups is 2. The second-order valence-electron chi connectivity index (χ2n) is 8.27. The van der Waals surface area contributed by atoms with Crippen molar-refractivity contribution in [2.75, 3.05) is 6.73 Å². The minimum atomic E-state index is 0.636. The summed E-state index contributed by atoms with van der Waals surface area (Å²) in [6.45, 7) is 14.7. The molecule has 188 valence electrons. The number of fused-ring (bicyclic) bond motifs is 2. The minimum absolute atomic E-state index is 0.636. The van der Waals surface area contributed by atoms with Crippen LogP contribution in [0.5, 0.6) is 11.5 Å². The zero-order valence-corrected chi connectivity index (χ0v) is 21.9. The van der Waals surface area contributed by atoms with Gasteiger partial charge >= 0.3 is 0 Å². The Kier molecular flexibility index (Phi) is 13.1. The van der Waals surface area contributed by atoms with Gasteiger partial charge in [-0.1, -0.05) is 107 Å². The van der Waals surface area contributed by atoms with E-state index in [1.165, 1.54) is 17.5 Å². The van der Waals surface area contributed by atoms with Crippen LogP contribution < -0.4 is 14.9 Å². The number of para-hydroxylation sites is 2. The van der Waals surface area contributed by atoms with Crippen molar-refractivity contribution in [3.63, 3.8) is 0 Å². The highest BCUT2D eigenvalue weighted by Crippen LogP contribution is 2.29. The van der Waals surface area contributed by atoms with Gasteiger partial charge < -0.3 is 9.57 Å². The van der Waals surface area contributed by atoms with Gasteiger partial charge in [0.1, 0.15) is 12.5 Å². The summed E-state index contributed by atoms with van der Waals surface area (Å²) < 4.78 is 5.31. The number of benzene rings is 2. The molecule has 1 atom stereocenters. The molecule has 0 amide bonds. The minimum Gasteiger partial charge on any atom is -0.478 e. The number of ether oxygens (including phenoxy) is 1. The predicted molar refractivity (Wildman–Crippen MR) is 148 cm³/mol. The average molecular weight is 475 g/mol. The first kappa shape index (κ1) is 28.0. The van der Waals surface area contributed by atoms with Crippen LogP contribution in [-0.2, 0) is 13.1 Å². The van der Waals surface area contributed by atoms with E-state index >= 15 is 0 Å². The zero-order valence-electron chi connectivity index (χ0n) is 21.9. The van der Waals surface area contributed by atoms with Gasteiger partial charge in [0.15, 0.2) is 5.75 Å². The predicted octanol–water partition coefficient (Wildman–Crippen LogP) is 7.96. The molecule has 1 N–H and O–H groups in total. The summed E-state index contributed by atoms with van der Waals surface area (Å²) in [5, 5.41) is 4.95. The summed E-state index contributed by atoms with van der Waals surface area (Å²) in [5.74, 6) is 2.72. The van der Waals surface area contributed by atoms with Gasteiger partial charge in [-0.15, -0.1) is 0 Å². The fourth-order valence-corrected chi connectivity index (χ4v) is 3.47. The second kappa shape index (κ2) is 16.4. The molecule has 0 spiro atoms. The van der Waals surface area contributed by atoms with Crippen LogP contribution >= 0.6 is 0 Å². The van der Waals surface area contributed by atoms with Crippen molar-refractivity contribution in [3.8, 4) is 11.5 Å². The summed E-state index contributed by atoms with van der Waals surface area (Å²) in [6.07, 6.45) is 16.2. The van der Waals surface area contributed by atoms with Crippen molar-refractivity contribution in [1.82, 2.24) is 10.4 Å². The van der Waals surface area contributed by atoms with E-state index in [1.54, 1.807) is 0 Å². The molecule has 4 nitrogen and oxygen atoms in total. The van der Waals surface area contributed by atoms with Crippen LogP contribution in [-0.4, -0.2) is 11.8 Å². The first-order valence-corrected chi connectivity index (χ1v) is 12.8. The molecule has 1 aliphatic carbocycles. The molecule has 2 aromatic carbocycles. The molecule has 3 aliphatic rings. The van der Waals surface area contributed by atoms with E-state index in [4.69, 9.17) is 9.57 Å². The quantitative estimate of drug-likeness (QED) is 0.456. The van der Waals surface area contributed by atoms with Gasteiger partial charge in [0.2, 0.25) is 0 Å². The van der Waals surface area contributed by atoms with Gasteiger partial charge in [0, 0.05) is 17.7 Å². The number of unbranched alkanes of at least 4 members (excludes halogenated alkanes) is 1. The van der Waals surface area contributed by atoms with Crippen molar-refractivity contribution in [2.45, 2.75) is 60.0 Å². The van der Waals surface area contributed by atoms with Crippen LogP contribution in [0, 0.1) is 5.92 Å². The number of rotatable bonds is 4. The van der Waals surface area contributed by atoms with Crippen molar-refractivity contribution in [3.05, 3.63) is 108 Å². The maximum Gasteiger partial charge on any atom is 0.160 e. The molecule has 0 fully saturated rings. The molecule has 0 saturated carbocycles. The summed E-state index contributed by atoms with van der Waals surface area (Å²) in [7, 11) is 0. The van der Waals surface area contributed by atoms with E-state index in [0.29, 0.717) is 6.73 Å². The molecular weight excluding hydrogens is 432 g/mol. The van der Waals surface area contributed by atoms with Gasteiger partial charge in [0.05, 0.1) is 12.2 Å². The molecular formula is C31H42N2O2. The number of nitrogens with zero attached hydrogens (tertiary/aromatic N) is 1. The summed E-state index contributed by atoms with van der Waals surface area (Å²) in [6, 6.07) is 16.2. The Hall–Kier alpha value is -3.24. The summed E-state index contributed by atoms with van der Waals surface area (Å²) in [5.41, 5.74) is 3.37. The van der Waals surface area contributed by atoms with Crippen LogP contribution in [0.15, 0.2) is 97.3 Å². The van der Waals surface area contributed by atoms with E-state index in [2.05, 4.69) is 68.3 Å². The number of hydrogen-bond acceptors (Lipinski definition) is 4. The number of allylic oxidation sites excluding steroid dienone is 6. The SMILES string of the molecule is C=C(/C=C\CCC)N1Cc2ccccc2O1.CC.CC1C=CC=CC1.c1ccc2c(c1)CNCO2. The Bertz CT molecular complexity index is 927. The van der Waals surface area contributed by atoms with E-state index < -0.39 is 0 Å². The Labute approximate surface area is 212 Å². The summed E-state index contributed by atoms with van der Waals surface area (Å²) in [4.78, 5) is 5.68. The lowest BCUT2D eigenvalue weighted by Gasteiger charge is -2.17. The Morgan fingerprint density at radius 3 is 2.37 bits per heavy atom. The fourth-order valence-electron chi connectivity index (χ4n) is 3.47. The molecule has 0 aromatic heterocycles. The summed E-state index contributed by atoms with van der Waals surface area (Å²) >= 11 is 0. The lowest BCUT2D eigenvalue weighted by atomic mass is 10.0. The lowest BCUT2D eigenvalue weighted by Crippen LogP contribution is -2.24. The third-order valence-electron chi connectivity index (χ3n) is 5.39. The van der Waals surface area contributed by atoms with E-state index in [1.807, 2.05) is 61.4 Å². The van der Waals surface area contributed by atoms with Crippen LogP contribution in [0.4, 0.5) is 0 Å². The molecule has 35 heavy (non-hydrogen) atoms.